The first-order chi connectivity index (χ1) is 15.7. The Morgan fingerprint density at radius 1 is 0.970 bits per heavy atom. The quantitative estimate of drug-likeness (QED) is 0.452. The minimum atomic E-state index is -2.68. The van der Waals surface area contributed by atoms with E-state index in [2.05, 4.69) is 74.3 Å². The lowest BCUT2D eigenvalue weighted by atomic mass is 10.2. The fourth-order valence-corrected chi connectivity index (χ4v) is 9.06. The van der Waals surface area contributed by atoms with Crippen molar-refractivity contribution in [3.8, 4) is 0 Å². The molecule has 1 N–H and O–H groups in total. The Kier molecular flexibility index (Phi) is 6.38. The van der Waals surface area contributed by atoms with Crippen LogP contribution in [0.25, 0.3) is 0 Å². The van der Waals surface area contributed by atoms with Crippen molar-refractivity contribution in [2.75, 3.05) is 6.61 Å². The Labute approximate surface area is 194 Å². The molecule has 2 heterocycles. The zero-order valence-electron chi connectivity index (χ0n) is 19.4. The van der Waals surface area contributed by atoms with Gasteiger partial charge in [-0.05, 0) is 28.4 Å². The maximum absolute atomic E-state index is 12.3. The Bertz CT molecular complexity index is 1200. The first kappa shape index (κ1) is 23.2. The molecule has 4 rings (SSSR count). The van der Waals surface area contributed by atoms with Gasteiger partial charge in [-0.25, -0.2) is 4.79 Å². The fourth-order valence-electron chi connectivity index (χ4n) is 4.49. The number of aryl methyl sites for hydroxylation is 1. The molecule has 172 valence electrons. The first-order valence-corrected chi connectivity index (χ1v) is 13.0. The second-order valence-electron chi connectivity index (χ2n) is 9.40. The van der Waals surface area contributed by atoms with Crippen LogP contribution in [-0.2, 0) is 9.16 Å². The Morgan fingerprint density at radius 2 is 1.55 bits per heavy atom. The van der Waals surface area contributed by atoms with Crippen LogP contribution in [0.5, 0.6) is 0 Å². The monoisotopic (exact) mass is 462 g/mol. The molecule has 0 fully saturated rings. The van der Waals surface area contributed by atoms with Crippen molar-refractivity contribution in [3.05, 3.63) is 105 Å². The fraction of sp³-hybridized carbons (Fsp3) is 0.308. The molecule has 0 amide bonds. The van der Waals surface area contributed by atoms with Crippen molar-refractivity contribution in [3.63, 3.8) is 0 Å². The van der Waals surface area contributed by atoms with E-state index in [1.807, 2.05) is 24.3 Å². The third-order valence-corrected chi connectivity index (χ3v) is 11.1. The predicted molar refractivity (Wildman–Crippen MR) is 133 cm³/mol. The molecule has 0 aliphatic carbocycles. The third kappa shape index (κ3) is 4.44. The number of hydrogen-bond acceptors (Lipinski definition) is 4. The van der Waals surface area contributed by atoms with Crippen molar-refractivity contribution in [2.24, 2.45) is 0 Å². The lowest BCUT2D eigenvalue weighted by Crippen LogP contribution is -2.67. The van der Waals surface area contributed by atoms with Crippen molar-refractivity contribution >= 4 is 18.7 Å². The third-order valence-electron chi connectivity index (χ3n) is 6.11. The lowest BCUT2D eigenvalue weighted by molar-refractivity contribution is -0.00719. The van der Waals surface area contributed by atoms with E-state index in [9.17, 15) is 9.59 Å². The van der Waals surface area contributed by atoms with Gasteiger partial charge in [-0.2, -0.15) is 0 Å². The second kappa shape index (κ2) is 9.09. The van der Waals surface area contributed by atoms with Gasteiger partial charge in [0, 0.05) is 11.8 Å². The van der Waals surface area contributed by atoms with Gasteiger partial charge in [0.2, 0.25) is 0 Å². The van der Waals surface area contributed by atoms with Crippen LogP contribution in [0.15, 0.2) is 88.6 Å². The highest BCUT2D eigenvalue weighted by atomic mass is 28.4. The molecular formula is C26H30N2O4Si. The molecular weight excluding hydrogens is 432 g/mol. The van der Waals surface area contributed by atoms with Gasteiger partial charge in [-0.1, -0.05) is 87.5 Å². The van der Waals surface area contributed by atoms with E-state index in [4.69, 9.17) is 9.16 Å². The first-order valence-electron chi connectivity index (χ1n) is 11.1. The van der Waals surface area contributed by atoms with E-state index in [0.29, 0.717) is 12.2 Å². The molecule has 33 heavy (non-hydrogen) atoms. The van der Waals surface area contributed by atoms with E-state index in [1.165, 1.54) is 21.1 Å². The minimum absolute atomic E-state index is 0.135. The normalized spacial score (nSPS) is 18.5. The average Bonchev–Trinajstić information content (AvgIpc) is 3.26. The van der Waals surface area contributed by atoms with E-state index in [-0.39, 0.29) is 16.7 Å². The number of benzene rings is 2. The highest BCUT2D eigenvalue weighted by Crippen LogP contribution is 2.37. The van der Waals surface area contributed by atoms with Crippen molar-refractivity contribution in [1.82, 2.24) is 9.55 Å². The number of nitrogens with one attached hydrogen (secondary N) is 1. The van der Waals surface area contributed by atoms with Gasteiger partial charge in [0.05, 0.1) is 6.61 Å². The molecule has 1 aliphatic rings. The maximum atomic E-state index is 12.3. The molecule has 2 aromatic carbocycles. The van der Waals surface area contributed by atoms with E-state index >= 15 is 0 Å². The molecule has 0 bridgehead atoms. The zero-order valence-corrected chi connectivity index (χ0v) is 20.4. The van der Waals surface area contributed by atoms with Crippen LogP contribution in [0.1, 0.15) is 32.6 Å². The summed E-state index contributed by atoms with van der Waals surface area (Å²) in [5.74, 6) is 0. The molecule has 0 saturated carbocycles. The zero-order chi connectivity index (χ0) is 23.6. The van der Waals surface area contributed by atoms with Crippen LogP contribution in [0.3, 0.4) is 0 Å². The standard InChI is InChI=1S/C26H30N2O4Si/c1-19-17-28(25(30)27-24(19)29)23-16-15-20(32-23)18-31-33(26(2,3)4,21-11-7-5-8-12-21)22-13-9-6-10-14-22/h5-17,20,23H,18H2,1-4H3,(H,27,29,30)/t20-,23?/m0/s1. The summed E-state index contributed by atoms with van der Waals surface area (Å²) in [6, 6.07) is 20.9. The van der Waals surface area contributed by atoms with Crippen LogP contribution in [-0.4, -0.2) is 30.6 Å². The van der Waals surface area contributed by atoms with Crippen LogP contribution >= 0.6 is 0 Å². The average molecular weight is 463 g/mol. The van der Waals surface area contributed by atoms with E-state index in [1.54, 1.807) is 6.92 Å². The Morgan fingerprint density at radius 3 is 2.09 bits per heavy atom. The highest BCUT2D eigenvalue weighted by molar-refractivity contribution is 6.99. The summed E-state index contributed by atoms with van der Waals surface area (Å²) < 4.78 is 14.5. The van der Waals surface area contributed by atoms with Gasteiger partial charge in [-0.3, -0.25) is 14.3 Å². The van der Waals surface area contributed by atoms with Crippen LogP contribution in [0, 0.1) is 6.92 Å². The summed E-state index contributed by atoms with van der Waals surface area (Å²) in [4.78, 5) is 26.3. The molecule has 1 unspecified atom stereocenters. The molecule has 3 aromatic rings. The molecule has 1 aliphatic heterocycles. The Hall–Kier alpha value is -3.00. The lowest BCUT2D eigenvalue weighted by Gasteiger charge is -2.43. The summed E-state index contributed by atoms with van der Waals surface area (Å²) in [6.07, 6.45) is 4.40. The summed E-state index contributed by atoms with van der Waals surface area (Å²) in [5, 5.41) is 2.27. The smallest absolute Gasteiger partial charge is 0.330 e. The maximum Gasteiger partial charge on any atom is 0.330 e. The van der Waals surface area contributed by atoms with Gasteiger partial charge in [0.1, 0.15) is 6.10 Å². The number of rotatable bonds is 6. The number of ether oxygens (including phenoxy) is 1. The molecule has 0 spiro atoms. The number of aromatic nitrogens is 2. The topological polar surface area (TPSA) is 73.3 Å². The van der Waals surface area contributed by atoms with Gasteiger partial charge in [0.25, 0.3) is 13.9 Å². The van der Waals surface area contributed by atoms with Gasteiger partial charge in [0.15, 0.2) is 6.23 Å². The molecule has 0 radical (unpaired) electrons. The predicted octanol–water partition coefficient (Wildman–Crippen LogP) is 2.88. The largest absolute Gasteiger partial charge is 0.404 e. The minimum Gasteiger partial charge on any atom is -0.404 e. The van der Waals surface area contributed by atoms with E-state index < -0.39 is 20.2 Å². The molecule has 2 atom stereocenters. The van der Waals surface area contributed by atoms with Gasteiger partial charge in [-0.15, -0.1) is 0 Å². The number of aromatic amines is 1. The van der Waals surface area contributed by atoms with Crippen molar-refractivity contribution < 1.29 is 9.16 Å². The van der Waals surface area contributed by atoms with Crippen LogP contribution in [0.2, 0.25) is 5.04 Å². The second-order valence-corrected chi connectivity index (χ2v) is 13.7. The molecule has 0 saturated heterocycles. The van der Waals surface area contributed by atoms with Gasteiger partial charge >= 0.3 is 5.69 Å². The van der Waals surface area contributed by atoms with Crippen LogP contribution < -0.4 is 21.6 Å². The summed E-state index contributed by atoms with van der Waals surface area (Å²) >= 11 is 0. The molecule has 1 aromatic heterocycles. The van der Waals surface area contributed by atoms with Crippen molar-refractivity contribution in [2.45, 2.75) is 45.1 Å². The SMILES string of the molecule is Cc1cn(C2C=C[C@@H](CO[Si](c3ccccc3)(c3ccccc3)C(C)(C)C)O2)c(=O)[nH]c1=O. The molecule has 6 nitrogen and oxygen atoms in total. The number of nitrogens with zero attached hydrogens (tertiary/aromatic N) is 1. The molecule has 7 heteroatoms. The summed E-state index contributed by atoms with van der Waals surface area (Å²) in [6.45, 7) is 8.72. The number of H-pyrrole nitrogens is 1. The highest BCUT2D eigenvalue weighted by Gasteiger charge is 2.50. The Balaban J connectivity index is 1.63. The van der Waals surface area contributed by atoms with Crippen molar-refractivity contribution in [1.29, 1.82) is 0 Å². The number of hydrogen-bond donors (Lipinski definition) is 1. The summed E-state index contributed by atoms with van der Waals surface area (Å²) in [7, 11) is -2.68. The van der Waals surface area contributed by atoms with Gasteiger partial charge < -0.3 is 9.16 Å². The van der Waals surface area contributed by atoms with Crippen LogP contribution in [0.4, 0.5) is 0 Å². The van der Waals surface area contributed by atoms with E-state index in [0.717, 1.165) is 0 Å². The summed E-state index contributed by atoms with van der Waals surface area (Å²) in [5.41, 5.74) is -0.419.